The molecule has 0 N–H and O–H groups in total. The van der Waals surface area contributed by atoms with Gasteiger partial charge in [0.05, 0.1) is 0 Å². The van der Waals surface area contributed by atoms with Gasteiger partial charge >= 0.3 is 0 Å². The zero-order chi connectivity index (χ0) is 26.5. The quantitative estimate of drug-likeness (QED) is 0.365. The number of benzene rings is 2. The first-order chi connectivity index (χ1) is 17.5. The molecule has 1 aliphatic carbocycles. The zero-order valence-corrected chi connectivity index (χ0v) is 26.4. The van der Waals surface area contributed by atoms with Gasteiger partial charge in [0.1, 0.15) is 14.1 Å². The van der Waals surface area contributed by atoms with Crippen molar-refractivity contribution in [2.24, 2.45) is 0 Å². The molecule has 0 aromatic heterocycles. The van der Waals surface area contributed by atoms with Crippen LogP contribution in [0.2, 0.25) is 0 Å². The van der Waals surface area contributed by atoms with E-state index in [0.29, 0.717) is 0 Å². The number of hydrogen-bond acceptors (Lipinski definition) is 2. The summed E-state index contributed by atoms with van der Waals surface area (Å²) in [6.07, 6.45) is 12.9. The highest BCUT2D eigenvalue weighted by molar-refractivity contribution is 6.10. The summed E-state index contributed by atoms with van der Waals surface area (Å²) in [5, 5.41) is 0. The Morgan fingerprint density at radius 3 is 1.42 bits per heavy atom. The number of fused-ring (bicyclic) bond motifs is 2. The predicted octanol–water partition coefficient (Wildman–Crippen LogP) is 4.36. The van der Waals surface area contributed by atoms with E-state index < -0.39 is 0 Å². The van der Waals surface area contributed by atoms with Gasteiger partial charge in [0.2, 0.25) is 5.71 Å². The van der Waals surface area contributed by atoms with Gasteiger partial charge in [-0.25, -0.2) is 4.58 Å². The van der Waals surface area contributed by atoms with Crippen molar-refractivity contribution in [3.05, 3.63) is 107 Å². The highest BCUT2D eigenvalue weighted by Crippen LogP contribution is 2.48. The number of allylic oxidation sites excluding steroid dienone is 8. The monoisotopic (exact) mass is 619 g/mol. The minimum Gasteiger partial charge on any atom is -1.00 e. The van der Waals surface area contributed by atoms with Crippen LogP contribution in [0.5, 0.6) is 0 Å². The van der Waals surface area contributed by atoms with Crippen molar-refractivity contribution in [2.45, 2.75) is 57.8 Å². The van der Waals surface area contributed by atoms with Gasteiger partial charge in [0.15, 0.2) is 0 Å². The number of para-hydroxylation sites is 2. The van der Waals surface area contributed by atoms with Crippen molar-refractivity contribution in [1.29, 1.82) is 0 Å². The standard InChI is InChI=1S/C34H42N3.HI/c1-33(2)26-16-9-11-18-28(26)36(7)30(33)22-20-24-14-13-15-25(32(24)35(5)6)21-23-31-34(3,4)27-17-10-12-19-29(27)37(31)8;/h9-12,16-23H,13-15H2,1-8H3;1H/q+1;/p-1. The lowest BCUT2D eigenvalue weighted by molar-refractivity contribution is -0.463. The second-order valence-corrected chi connectivity index (χ2v) is 12.0. The van der Waals surface area contributed by atoms with Gasteiger partial charge in [-0.3, -0.25) is 0 Å². The van der Waals surface area contributed by atoms with E-state index >= 15 is 0 Å². The Labute approximate surface area is 247 Å². The Kier molecular flexibility index (Phi) is 7.86. The molecule has 0 spiro atoms. The fourth-order valence-corrected chi connectivity index (χ4v) is 6.77. The summed E-state index contributed by atoms with van der Waals surface area (Å²) in [5.41, 5.74) is 12.3. The summed E-state index contributed by atoms with van der Waals surface area (Å²) in [6, 6.07) is 17.6. The topological polar surface area (TPSA) is 9.49 Å². The number of likely N-dealkylation sites (N-methyl/N-ethyl adjacent to an activating group) is 2. The molecule has 38 heavy (non-hydrogen) atoms. The van der Waals surface area contributed by atoms with E-state index in [0.717, 1.165) is 12.8 Å². The molecule has 0 unspecified atom stereocenters. The molecule has 0 radical (unpaired) electrons. The number of nitrogens with zero attached hydrogens (tertiary/aromatic N) is 3. The van der Waals surface area contributed by atoms with E-state index in [1.54, 1.807) is 0 Å². The molecular weight excluding hydrogens is 577 g/mol. The third-order valence-corrected chi connectivity index (χ3v) is 8.71. The second-order valence-electron chi connectivity index (χ2n) is 12.0. The van der Waals surface area contributed by atoms with Crippen LogP contribution in [0.3, 0.4) is 0 Å². The summed E-state index contributed by atoms with van der Waals surface area (Å²) < 4.78 is 2.31. The van der Waals surface area contributed by atoms with Crippen molar-refractivity contribution < 1.29 is 28.6 Å². The molecule has 0 saturated heterocycles. The fourth-order valence-electron chi connectivity index (χ4n) is 6.77. The van der Waals surface area contributed by atoms with E-state index in [-0.39, 0.29) is 34.8 Å². The third kappa shape index (κ3) is 4.59. The maximum Gasteiger partial charge on any atom is 0.205 e. The molecule has 0 bridgehead atoms. The van der Waals surface area contributed by atoms with Crippen molar-refractivity contribution >= 4 is 17.1 Å². The van der Waals surface area contributed by atoms with Crippen molar-refractivity contribution in [2.75, 3.05) is 38.0 Å². The first-order valence-corrected chi connectivity index (χ1v) is 13.6. The van der Waals surface area contributed by atoms with Crippen LogP contribution in [0.25, 0.3) is 0 Å². The largest absolute Gasteiger partial charge is 1.00 e. The van der Waals surface area contributed by atoms with Crippen LogP contribution in [0, 0.1) is 0 Å². The molecule has 1 fully saturated rings. The Hall–Kier alpha value is -2.60. The van der Waals surface area contributed by atoms with Crippen LogP contribution >= 0.6 is 0 Å². The lowest BCUT2D eigenvalue weighted by Gasteiger charge is -2.25. The van der Waals surface area contributed by atoms with Crippen molar-refractivity contribution in [3.8, 4) is 0 Å². The molecule has 3 aliphatic rings. The summed E-state index contributed by atoms with van der Waals surface area (Å²) in [5.74, 6) is 0. The van der Waals surface area contributed by atoms with E-state index in [1.807, 2.05) is 0 Å². The van der Waals surface area contributed by atoms with Gasteiger partial charge < -0.3 is 33.8 Å². The van der Waals surface area contributed by atoms with Crippen LogP contribution in [-0.2, 0) is 10.8 Å². The minimum absolute atomic E-state index is 0. The molecule has 5 rings (SSSR count). The predicted molar refractivity (Wildman–Crippen MR) is 159 cm³/mol. The smallest absolute Gasteiger partial charge is 0.205 e. The van der Waals surface area contributed by atoms with Crippen LogP contribution in [-0.4, -0.2) is 38.5 Å². The molecule has 1 saturated carbocycles. The average Bonchev–Trinajstić information content (AvgIpc) is 3.19. The van der Waals surface area contributed by atoms with E-state index in [1.165, 1.54) is 57.2 Å². The summed E-state index contributed by atoms with van der Waals surface area (Å²) in [6.45, 7) is 9.36. The fraction of sp³-hybridized carbons (Fsp3) is 0.382. The van der Waals surface area contributed by atoms with Gasteiger partial charge in [0, 0.05) is 58.8 Å². The van der Waals surface area contributed by atoms with E-state index in [4.69, 9.17) is 0 Å². The molecule has 4 heteroatoms. The minimum atomic E-state index is -0.00785. The third-order valence-electron chi connectivity index (χ3n) is 8.71. The molecule has 0 amide bonds. The average molecular weight is 620 g/mol. The molecule has 2 aromatic carbocycles. The number of halogens is 1. The Morgan fingerprint density at radius 1 is 0.658 bits per heavy atom. The van der Waals surface area contributed by atoms with Crippen molar-refractivity contribution in [3.63, 3.8) is 0 Å². The Bertz CT molecular complexity index is 1300. The summed E-state index contributed by atoms with van der Waals surface area (Å²) in [7, 11) is 8.77. The maximum atomic E-state index is 2.39. The lowest BCUT2D eigenvalue weighted by atomic mass is 9.82. The van der Waals surface area contributed by atoms with Crippen LogP contribution in [0.4, 0.5) is 11.4 Å². The number of rotatable bonds is 2. The molecule has 2 heterocycles. The molecule has 200 valence electrons. The summed E-state index contributed by atoms with van der Waals surface area (Å²) >= 11 is 0. The van der Waals surface area contributed by atoms with Gasteiger partial charge in [-0.05, 0) is 54.7 Å². The highest BCUT2D eigenvalue weighted by Gasteiger charge is 2.39. The molecule has 2 aliphatic heterocycles. The lowest BCUT2D eigenvalue weighted by Crippen LogP contribution is -3.00. The van der Waals surface area contributed by atoms with Crippen molar-refractivity contribution in [1.82, 2.24) is 0 Å². The number of anilines is 2. The van der Waals surface area contributed by atoms with Crippen LogP contribution in [0.15, 0.2) is 95.4 Å². The van der Waals surface area contributed by atoms with Gasteiger partial charge in [-0.2, -0.15) is 0 Å². The van der Waals surface area contributed by atoms with Crippen LogP contribution in [0.1, 0.15) is 58.1 Å². The van der Waals surface area contributed by atoms with Crippen LogP contribution < -0.4 is 33.8 Å². The first kappa shape index (κ1) is 28.4. The highest BCUT2D eigenvalue weighted by atomic mass is 127. The van der Waals surface area contributed by atoms with E-state index in [2.05, 4.69) is 143 Å². The van der Waals surface area contributed by atoms with Gasteiger partial charge in [-0.15, -0.1) is 0 Å². The Morgan fingerprint density at radius 2 is 1.05 bits per heavy atom. The molecule has 0 atom stereocenters. The SMILES string of the molecule is CN1/C(=C/C=C2\CCC/C(=C\C=C3\N(C)c4ccccc4C3(C)C)C2=[N+](C)C)C(C)(C)c2ccccc21.[I-]. The maximum absolute atomic E-state index is 2.39. The summed E-state index contributed by atoms with van der Waals surface area (Å²) in [4.78, 5) is 4.72. The molecule has 3 nitrogen and oxygen atoms in total. The zero-order valence-electron chi connectivity index (χ0n) is 24.3. The van der Waals surface area contributed by atoms with Gasteiger partial charge in [-0.1, -0.05) is 76.2 Å². The normalized spacial score (nSPS) is 23.7. The number of hydrogen-bond donors (Lipinski definition) is 0. The molecule has 2 aromatic rings. The second kappa shape index (κ2) is 10.5. The molecular formula is C34H42IN3. The van der Waals surface area contributed by atoms with Gasteiger partial charge in [0.25, 0.3) is 0 Å². The van der Waals surface area contributed by atoms with E-state index in [9.17, 15) is 0 Å². The first-order valence-electron chi connectivity index (χ1n) is 13.6. The Balaban J connectivity index is 0.00000336.